The zero-order valence-electron chi connectivity index (χ0n) is 7.32. The Hall–Kier alpha value is -0.280. The Morgan fingerprint density at radius 1 is 1.50 bits per heavy atom. The monoisotopic (exact) mass is 193 g/mol. The maximum atomic E-state index is 10.3. The molecule has 72 valence electrons. The molecule has 1 N–H and O–H groups in total. The fourth-order valence-electron chi connectivity index (χ4n) is 1.56. The predicted octanol–water partition coefficient (Wildman–Crippen LogP) is 1.37. The van der Waals surface area contributed by atoms with Crippen LogP contribution in [0.2, 0.25) is 0 Å². The highest BCUT2D eigenvalue weighted by Gasteiger charge is 2.19. The lowest BCUT2D eigenvalue weighted by atomic mass is 10.2. The predicted molar refractivity (Wildman–Crippen MR) is 49.8 cm³/mol. The third kappa shape index (κ3) is 3.41. The van der Waals surface area contributed by atoms with Crippen molar-refractivity contribution in [2.24, 2.45) is 0 Å². The lowest BCUT2D eigenvalue weighted by molar-refractivity contribution is -0.138. The van der Waals surface area contributed by atoms with Gasteiger partial charge < -0.3 is 10.0 Å². The molecule has 1 aliphatic rings. The number of rotatable bonds is 3. The summed E-state index contributed by atoms with van der Waals surface area (Å²) in [5.41, 5.74) is 0. The number of likely N-dealkylation sites (tertiary alicyclic amines) is 1. The molecule has 0 saturated carbocycles. The minimum atomic E-state index is -0.690. The summed E-state index contributed by atoms with van der Waals surface area (Å²) in [7, 11) is 0. The molecular formula is C8H16ClNO2. The molecule has 1 aliphatic heterocycles. The zero-order chi connectivity index (χ0) is 8.27. The van der Waals surface area contributed by atoms with E-state index in [2.05, 4.69) is 4.90 Å². The lowest BCUT2D eigenvalue weighted by Crippen LogP contribution is -2.31. The van der Waals surface area contributed by atoms with Gasteiger partial charge in [-0.3, -0.25) is 4.79 Å². The molecule has 1 fully saturated rings. The summed E-state index contributed by atoms with van der Waals surface area (Å²) in [6.07, 6.45) is 2.73. The van der Waals surface area contributed by atoms with Gasteiger partial charge in [-0.2, -0.15) is 0 Å². The Morgan fingerprint density at radius 2 is 2.00 bits per heavy atom. The van der Waals surface area contributed by atoms with Crippen LogP contribution in [0.1, 0.15) is 26.2 Å². The van der Waals surface area contributed by atoms with Crippen LogP contribution in [0.4, 0.5) is 0 Å². The number of hydrogen-bond donors (Lipinski definition) is 1. The van der Waals surface area contributed by atoms with Gasteiger partial charge in [-0.1, -0.05) is 0 Å². The maximum Gasteiger partial charge on any atom is 0.304 e. The van der Waals surface area contributed by atoms with Crippen LogP contribution in [0, 0.1) is 0 Å². The topological polar surface area (TPSA) is 40.5 Å². The first-order chi connectivity index (χ1) is 5.20. The summed E-state index contributed by atoms with van der Waals surface area (Å²) in [4.78, 5) is 12.6. The van der Waals surface area contributed by atoms with Gasteiger partial charge in [0.05, 0.1) is 6.42 Å². The van der Waals surface area contributed by atoms with Crippen LogP contribution in [-0.2, 0) is 4.79 Å². The first kappa shape index (κ1) is 11.7. The normalized spacial score (nSPS) is 20.1. The summed E-state index contributed by atoms with van der Waals surface area (Å²) in [6, 6.07) is 0.218. The molecule has 0 aromatic carbocycles. The molecule has 0 aromatic rings. The van der Waals surface area contributed by atoms with Gasteiger partial charge in [0.2, 0.25) is 0 Å². The van der Waals surface area contributed by atoms with E-state index in [1.807, 2.05) is 6.92 Å². The minimum Gasteiger partial charge on any atom is -0.481 e. The van der Waals surface area contributed by atoms with E-state index in [-0.39, 0.29) is 24.9 Å². The van der Waals surface area contributed by atoms with Crippen molar-refractivity contribution in [1.29, 1.82) is 0 Å². The quantitative estimate of drug-likeness (QED) is 0.736. The number of halogens is 1. The van der Waals surface area contributed by atoms with Crippen LogP contribution >= 0.6 is 12.4 Å². The second-order valence-electron chi connectivity index (χ2n) is 3.19. The van der Waals surface area contributed by atoms with Crippen molar-refractivity contribution in [2.45, 2.75) is 32.2 Å². The Labute approximate surface area is 79.2 Å². The number of carboxylic acid groups (broad SMARTS) is 1. The van der Waals surface area contributed by atoms with Crippen LogP contribution in [0.5, 0.6) is 0 Å². The van der Waals surface area contributed by atoms with Gasteiger partial charge in [-0.15, -0.1) is 12.4 Å². The summed E-state index contributed by atoms with van der Waals surface area (Å²) >= 11 is 0. The van der Waals surface area contributed by atoms with Crippen molar-refractivity contribution < 1.29 is 9.90 Å². The zero-order valence-corrected chi connectivity index (χ0v) is 8.14. The van der Waals surface area contributed by atoms with Crippen LogP contribution in [-0.4, -0.2) is 35.1 Å². The highest BCUT2D eigenvalue weighted by Crippen LogP contribution is 2.13. The van der Waals surface area contributed by atoms with Gasteiger partial charge in [0.25, 0.3) is 0 Å². The number of nitrogens with zero attached hydrogens (tertiary/aromatic N) is 1. The average molecular weight is 194 g/mol. The average Bonchev–Trinajstić information content (AvgIpc) is 2.35. The number of aliphatic carboxylic acids is 1. The van der Waals surface area contributed by atoms with Crippen LogP contribution < -0.4 is 0 Å². The van der Waals surface area contributed by atoms with Gasteiger partial charge in [0.1, 0.15) is 0 Å². The molecule has 3 nitrogen and oxygen atoms in total. The van der Waals surface area contributed by atoms with Gasteiger partial charge in [-0.25, -0.2) is 0 Å². The molecule has 4 heteroatoms. The van der Waals surface area contributed by atoms with Crippen molar-refractivity contribution in [1.82, 2.24) is 4.90 Å². The molecule has 0 amide bonds. The van der Waals surface area contributed by atoms with E-state index in [4.69, 9.17) is 5.11 Å². The molecule has 1 rings (SSSR count). The summed E-state index contributed by atoms with van der Waals surface area (Å²) in [5.74, 6) is -0.690. The van der Waals surface area contributed by atoms with Gasteiger partial charge >= 0.3 is 5.97 Å². The van der Waals surface area contributed by atoms with E-state index in [0.717, 1.165) is 13.1 Å². The molecule has 0 bridgehead atoms. The van der Waals surface area contributed by atoms with E-state index in [0.29, 0.717) is 0 Å². The Balaban J connectivity index is 0.00000121. The minimum absolute atomic E-state index is 0. The highest BCUT2D eigenvalue weighted by molar-refractivity contribution is 5.85. The Kier molecular flexibility index (Phi) is 5.25. The SMILES string of the molecule is CC(CC(=O)O)N1CCCC1.Cl. The molecule has 0 radical (unpaired) electrons. The van der Waals surface area contributed by atoms with Crippen LogP contribution in [0.15, 0.2) is 0 Å². The summed E-state index contributed by atoms with van der Waals surface area (Å²) < 4.78 is 0. The van der Waals surface area contributed by atoms with Crippen molar-refractivity contribution in [2.75, 3.05) is 13.1 Å². The molecular weight excluding hydrogens is 178 g/mol. The number of carboxylic acids is 1. The molecule has 1 heterocycles. The summed E-state index contributed by atoms with van der Waals surface area (Å²) in [5, 5.41) is 8.52. The molecule has 1 atom stereocenters. The molecule has 0 aromatic heterocycles. The number of hydrogen-bond acceptors (Lipinski definition) is 2. The highest BCUT2D eigenvalue weighted by atomic mass is 35.5. The molecule has 0 spiro atoms. The van der Waals surface area contributed by atoms with Crippen molar-refractivity contribution >= 4 is 18.4 Å². The number of carbonyl (C=O) groups is 1. The smallest absolute Gasteiger partial charge is 0.304 e. The van der Waals surface area contributed by atoms with Crippen molar-refractivity contribution in [3.63, 3.8) is 0 Å². The van der Waals surface area contributed by atoms with Crippen LogP contribution in [0.25, 0.3) is 0 Å². The molecule has 12 heavy (non-hydrogen) atoms. The standard InChI is InChI=1S/C8H15NO2.ClH/c1-7(6-8(10)11)9-4-2-3-5-9;/h7H,2-6H2,1H3,(H,10,11);1H. The first-order valence-electron chi connectivity index (χ1n) is 4.16. The Bertz CT molecular complexity index is 146. The van der Waals surface area contributed by atoms with Crippen molar-refractivity contribution in [3.8, 4) is 0 Å². The van der Waals surface area contributed by atoms with Gasteiger partial charge in [0, 0.05) is 6.04 Å². The maximum absolute atomic E-state index is 10.3. The molecule has 0 aliphatic carbocycles. The third-order valence-corrected chi connectivity index (χ3v) is 2.23. The fraction of sp³-hybridized carbons (Fsp3) is 0.875. The second kappa shape index (κ2) is 5.38. The largest absolute Gasteiger partial charge is 0.481 e. The van der Waals surface area contributed by atoms with E-state index < -0.39 is 5.97 Å². The first-order valence-corrected chi connectivity index (χ1v) is 4.16. The van der Waals surface area contributed by atoms with E-state index in [9.17, 15) is 4.79 Å². The lowest BCUT2D eigenvalue weighted by Gasteiger charge is -2.21. The van der Waals surface area contributed by atoms with Crippen LogP contribution in [0.3, 0.4) is 0 Å². The second-order valence-corrected chi connectivity index (χ2v) is 3.19. The molecule has 1 saturated heterocycles. The Morgan fingerprint density at radius 3 is 2.42 bits per heavy atom. The van der Waals surface area contributed by atoms with E-state index >= 15 is 0 Å². The van der Waals surface area contributed by atoms with Gasteiger partial charge in [-0.05, 0) is 32.9 Å². The third-order valence-electron chi connectivity index (χ3n) is 2.23. The summed E-state index contributed by atoms with van der Waals surface area (Å²) in [6.45, 7) is 4.14. The van der Waals surface area contributed by atoms with Gasteiger partial charge in [0.15, 0.2) is 0 Å². The van der Waals surface area contributed by atoms with E-state index in [1.54, 1.807) is 0 Å². The van der Waals surface area contributed by atoms with Crippen molar-refractivity contribution in [3.05, 3.63) is 0 Å². The van der Waals surface area contributed by atoms with E-state index in [1.165, 1.54) is 12.8 Å². The molecule has 1 unspecified atom stereocenters. The fourth-order valence-corrected chi connectivity index (χ4v) is 1.56.